The molecule has 0 bridgehead atoms. The van der Waals surface area contributed by atoms with Gasteiger partial charge in [0.2, 0.25) is 5.91 Å². The summed E-state index contributed by atoms with van der Waals surface area (Å²) in [5, 5.41) is 5.94. The minimum Gasteiger partial charge on any atom is -0.347 e. The fourth-order valence-electron chi connectivity index (χ4n) is 1.99. The van der Waals surface area contributed by atoms with E-state index in [0.29, 0.717) is 11.8 Å². The van der Waals surface area contributed by atoms with E-state index < -0.39 is 0 Å². The number of aliphatic imine (C=N–C) groups is 1. The van der Waals surface area contributed by atoms with Gasteiger partial charge in [-0.2, -0.15) is 0 Å². The van der Waals surface area contributed by atoms with Gasteiger partial charge in [0.15, 0.2) is 5.96 Å². The number of nitrogens with two attached hydrogens (primary N) is 1. The van der Waals surface area contributed by atoms with E-state index in [0.717, 1.165) is 22.6 Å². The molecule has 0 saturated carbocycles. The Labute approximate surface area is 142 Å². The number of hydrogen-bond acceptors (Lipinski definition) is 4. The van der Waals surface area contributed by atoms with Crippen LogP contribution >= 0.6 is 11.8 Å². The summed E-state index contributed by atoms with van der Waals surface area (Å²) in [5.74, 6) is 0.971. The van der Waals surface area contributed by atoms with Crippen LogP contribution in [0.25, 0.3) is 4.91 Å². The molecule has 6 heteroatoms. The van der Waals surface area contributed by atoms with Gasteiger partial charge >= 0.3 is 0 Å². The number of thioether (sulfide) groups is 1. The van der Waals surface area contributed by atoms with E-state index in [1.54, 1.807) is 18.8 Å². The van der Waals surface area contributed by atoms with Crippen LogP contribution in [0.2, 0.25) is 0 Å². The maximum atomic E-state index is 12.2. The van der Waals surface area contributed by atoms with Gasteiger partial charge in [0, 0.05) is 12.0 Å². The summed E-state index contributed by atoms with van der Waals surface area (Å²) in [6.45, 7) is 6.60. The van der Waals surface area contributed by atoms with Crippen molar-refractivity contribution in [1.82, 2.24) is 10.6 Å². The Morgan fingerprint density at radius 1 is 1.35 bits per heavy atom. The zero-order chi connectivity index (χ0) is 17.2. The van der Waals surface area contributed by atoms with Crippen molar-refractivity contribution in [3.05, 3.63) is 41.5 Å². The van der Waals surface area contributed by atoms with Crippen LogP contribution in [0.3, 0.4) is 0 Å². The molecule has 23 heavy (non-hydrogen) atoms. The van der Waals surface area contributed by atoms with Crippen LogP contribution in [0, 0.1) is 5.92 Å². The van der Waals surface area contributed by atoms with Crippen molar-refractivity contribution < 1.29 is 4.79 Å². The van der Waals surface area contributed by atoms with E-state index in [1.165, 1.54) is 0 Å². The molecular weight excluding hydrogens is 308 g/mol. The van der Waals surface area contributed by atoms with Gasteiger partial charge < -0.3 is 11.1 Å². The third kappa shape index (κ3) is 5.73. The molecule has 0 radical (unpaired) electrons. The minimum absolute atomic E-state index is 0.0356. The molecule has 1 atom stereocenters. The number of nitrogens with zero attached hydrogens (tertiary/aromatic N) is 1. The summed E-state index contributed by atoms with van der Waals surface area (Å²) in [4.78, 5) is 17.4. The topological polar surface area (TPSA) is 79.5 Å². The molecule has 126 valence electrons. The molecule has 1 amide bonds. The Hall–Kier alpha value is -1.79. The molecule has 0 spiro atoms. The van der Waals surface area contributed by atoms with Gasteiger partial charge in [0.05, 0.1) is 11.8 Å². The average molecular weight is 334 g/mol. The van der Waals surface area contributed by atoms with E-state index in [1.807, 2.05) is 39.0 Å². The molecule has 0 aliphatic carbocycles. The molecule has 1 heterocycles. The monoisotopic (exact) mass is 334 g/mol. The van der Waals surface area contributed by atoms with Gasteiger partial charge in [-0.15, -0.1) is 11.8 Å². The van der Waals surface area contributed by atoms with Crippen LogP contribution in [0.1, 0.15) is 26.3 Å². The first-order valence-electron chi connectivity index (χ1n) is 7.65. The Kier molecular flexibility index (Phi) is 8.43. The van der Waals surface area contributed by atoms with Gasteiger partial charge in [-0.05, 0) is 31.5 Å². The summed E-state index contributed by atoms with van der Waals surface area (Å²) in [6.07, 6.45) is 0. The normalized spacial score (nSPS) is 23.6. The molecule has 1 aliphatic rings. The van der Waals surface area contributed by atoms with Gasteiger partial charge in [0.25, 0.3) is 0 Å². The van der Waals surface area contributed by atoms with Crippen molar-refractivity contribution >= 4 is 28.5 Å². The third-order valence-electron chi connectivity index (χ3n) is 3.36. The molecule has 1 unspecified atom stereocenters. The van der Waals surface area contributed by atoms with Crippen molar-refractivity contribution in [3.8, 4) is 0 Å². The highest BCUT2D eigenvalue weighted by Gasteiger charge is 2.22. The second-order valence-corrected chi connectivity index (χ2v) is 6.02. The van der Waals surface area contributed by atoms with E-state index in [2.05, 4.69) is 27.8 Å². The molecule has 1 aliphatic heterocycles. The highest BCUT2D eigenvalue weighted by Crippen LogP contribution is 2.33. The molecule has 0 saturated heterocycles. The minimum atomic E-state index is -0.186. The lowest BCUT2D eigenvalue weighted by molar-refractivity contribution is -0.122. The molecule has 1 aromatic rings. The summed E-state index contributed by atoms with van der Waals surface area (Å²) in [7, 11) is 1.66. The molecule has 2 rings (SSSR count). The van der Waals surface area contributed by atoms with E-state index in [-0.39, 0.29) is 11.8 Å². The molecule has 0 fully saturated rings. The van der Waals surface area contributed by atoms with Crippen LogP contribution in [0.4, 0.5) is 0 Å². The maximum absolute atomic E-state index is 12.2. The Balaban J connectivity index is 0.000000816. The third-order valence-corrected chi connectivity index (χ3v) is 4.49. The summed E-state index contributed by atoms with van der Waals surface area (Å²) >= 11 is 1.69. The SMILES string of the molecule is CCN.CN=C1NCS/C(c2ccccc2)=C(/C)C(C)C(=O)N1. The van der Waals surface area contributed by atoms with Gasteiger partial charge in [-0.25, -0.2) is 0 Å². The standard InChI is InChI=1S/C15H19N3OS.C2H7N/c1-10-11(2)14(19)18-15(16-3)17-9-20-13(10)12-7-5-4-6-8-12;1-2-3/h4-8,11H,9H2,1-3H3,(H2,16,17,18,19);2-3H2,1H3/b13-10-;. The van der Waals surface area contributed by atoms with E-state index >= 15 is 0 Å². The van der Waals surface area contributed by atoms with Crippen molar-refractivity contribution in [2.24, 2.45) is 16.6 Å². The fraction of sp³-hybridized carbons (Fsp3) is 0.412. The smallest absolute Gasteiger partial charge is 0.233 e. The quantitative estimate of drug-likeness (QED) is 0.737. The molecule has 0 aromatic heterocycles. The Morgan fingerprint density at radius 3 is 2.52 bits per heavy atom. The predicted molar refractivity (Wildman–Crippen MR) is 100 cm³/mol. The van der Waals surface area contributed by atoms with Crippen molar-refractivity contribution in [2.45, 2.75) is 20.8 Å². The number of amides is 1. The Morgan fingerprint density at radius 2 is 1.96 bits per heavy atom. The second kappa shape index (κ2) is 10.1. The molecule has 4 N–H and O–H groups in total. The predicted octanol–water partition coefficient (Wildman–Crippen LogP) is 2.41. The first-order chi connectivity index (χ1) is 11.0. The van der Waals surface area contributed by atoms with Crippen LogP contribution in [-0.2, 0) is 4.79 Å². The zero-order valence-corrected chi connectivity index (χ0v) is 15.0. The lowest BCUT2D eigenvalue weighted by Crippen LogP contribution is -2.42. The highest BCUT2D eigenvalue weighted by molar-refractivity contribution is 8.08. The lowest BCUT2D eigenvalue weighted by atomic mass is 9.99. The van der Waals surface area contributed by atoms with Crippen molar-refractivity contribution in [1.29, 1.82) is 0 Å². The van der Waals surface area contributed by atoms with Crippen LogP contribution in [0.15, 0.2) is 40.9 Å². The van der Waals surface area contributed by atoms with Crippen LogP contribution in [0.5, 0.6) is 0 Å². The number of hydrogen-bond donors (Lipinski definition) is 3. The molecule has 1 aromatic carbocycles. The van der Waals surface area contributed by atoms with E-state index in [9.17, 15) is 4.79 Å². The second-order valence-electron chi connectivity index (χ2n) is 5.04. The van der Waals surface area contributed by atoms with Crippen molar-refractivity contribution in [2.75, 3.05) is 19.5 Å². The average Bonchev–Trinajstić information content (AvgIpc) is 2.61. The zero-order valence-electron chi connectivity index (χ0n) is 14.2. The lowest BCUT2D eigenvalue weighted by Gasteiger charge is -2.15. The number of rotatable bonds is 1. The maximum Gasteiger partial charge on any atom is 0.233 e. The number of nitrogens with one attached hydrogen (secondary N) is 2. The Bertz CT molecular complexity index is 569. The van der Waals surface area contributed by atoms with Gasteiger partial charge in [-0.1, -0.05) is 37.3 Å². The number of guanidine groups is 1. The largest absolute Gasteiger partial charge is 0.347 e. The highest BCUT2D eigenvalue weighted by atomic mass is 32.2. The number of carbonyl (C=O) groups is 1. The fourth-order valence-corrected chi connectivity index (χ4v) is 3.05. The van der Waals surface area contributed by atoms with Crippen LogP contribution < -0.4 is 16.4 Å². The first kappa shape index (κ1) is 19.3. The summed E-state index contributed by atoms with van der Waals surface area (Å²) < 4.78 is 0. The van der Waals surface area contributed by atoms with E-state index in [4.69, 9.17) is 5.73 Å². The number of carbonyl (C=O) groups excluding carboxylic acids is 1. The summed E-state index contributed by atoms with van der Waals surface area (Å²) in [6, 6.07) is 10.2. The van der Waals surface area contributed by atoms with Crippen LogP contribution in [-0.4, -0.2) is 31.3 Å². The van der Waals surface area contributed by atoms with Gasteiger partial charge in [0.1, 0.15) is 0 Å². The first-order valence-corrected chi connectivity index (χ1v) is 8.64. The molecular formula is C17H26N4OS. The summed E-state index contributed by atoms with van der Waals surface area (Å²) in [5.41, 5.74) is 7.08. The van der Waals surface area contributed by atoms with Crippen molar-refractivity contribution in [3.63, 3.8) is 0 Å². The van der Waals surface area contributed by atoms with Gasteiger partial charge in [-0.3, -0.25) is 15.1 Å². The molecule has 5 nitrogen and oxygen atoms in total. The number of benzene rings is 1.